The third kappa shape index (κ3) is 6.29. The number of carbonyl (C=O) groups excluding carboxylic acids is 1. The Bertz CT molecular complexity index is 906. The van der Waals surface area contributed by atoms with E-state index in [2.05, 4.69) is 15.8 Å². The molecule has 3 rings (SSSR count). The van der Waals surface area contributed by atoms with Gasteiger partial charge in [-0.2, -0.15) is 5.10 Å². The smallest absolute Gasteiger partial charge is 0.343 e. The van der Waals surface area contributed by atoms with E-state index in [1.165, 1.54) is 26.4 Å². The fourth-order valence-electron chi connectivity index (χ4n) is 3.33. The molecule has 0 bridgehead atoms. The molecule has 0 radical (unpaired) electrons. The van der Waals surface area contributed by atoms with Crippen molar-refractivity contribution in [2.75, 3.05) is 7.11 Å². The fraction of sp³-hybridized carbons (Fsp3) is 0.348. The minimum Gasteiger partial charge on any atom is -0.493 e. The first kappa shape index (κ1) is 21.8. The van der Waals surface area contributed by atoms with Gasteiger partial charge in [-0.15, -0.1) is 0 Å². The van der Waals surface area contributed by atoms with Crippen molar-refractivity contribution in [1.82, 2.24) is 10.7 Å². The van der Waals surface area contributed by atoms with Gasteiger partial charge in [-0.05, 0) is 67.9 Å². The van der Waals surface area contributed by atoms with Gasteiger partial charge in [0.25, 0.3) is 0 Å². The van der Waals surface area contributed by atoms with Crippen LogP contribution in [0.25, 0.3) is 0 Å². The Labute approximate surface area is 182 Å². The maximum Gasteiger partial charge on any atom is 0.343 e. The number of thiocarbonyl (C=S) groups is 1. The largest absolute Gasteiger partial charge is 0.493 e. The summed E-state index contributed by atoms with van der Waals surface area (Å²) in [7, 11) is 1.53. The summed E-state index contributed by atoms with van der Waals surface area (Å²) in [6, 6.07) is 12.9. The molecule has 6 nitrogen and oxygen atoms in total. The van der Waals surface area contributed by atoms with Crippen LogP contribution in [0.1, 0.15) is 53.6 Å². The summed E-state index contributed by atoms with van der Waals surface area (Å²) in [5.74, 6) is 0.362. The predicted molar refractivity (Wildman–Crippen MR) is 122 cm³/mol. The van der Waals surface area contributed by atoms with Crippen LogP contribution in [-0.2, 0) is 0 Å². The molecule has 0 aliphatic heterocycles. The molecule has 0 saturated heterocycles. The Morgan fingerprint density at radius 3 is 2.53 bits per heavy atom. The SMILES string of the molecule is COc1cc(/C=N\NC(=S)NC2CCCCC2)ccc1OC(=O)c1ccc(C)cc1. The maximum absolute atomic E-state index is 12.4. The molecule has 1 aliphatic carbocycles. The van der Waals surface area contributed by atoms with Crippen LogP contribution >= 0.6 is 12.2 Å². The van der Waals surface area contributed by atoms with Crippen LogP contribution in [0.3, 0.4) is 0 Å². The van der Waals surface area contributed by atoms with Crippen molar-refractivity contribution in [1.29, 1.82) is 0 Å². The number of benzene rings is 2. The van der Waals surface area contributed by atoms with Gasteiger partial charge in [-0.3, -0.25) is 5.43 Å². The number of hydrazone groups is 1. The van der Waals surface area contributed by atoms with Crippen LogP contribution < -0.4 is 20.2 Å². The molecule has 158 valence electrons. The van der Waals surface area contributed by atoms with Crippen LogP contribution in [0.15, 0.2) is 47.6 Å². The second kappa shape index (κ2) is 10.7. The van der Waals surface area contributed by atoms with Crippen LogP contribution in [0.5, 0.6) is 11.5 Å². The van der Waals surface area contributed by atoms with E-state index in [0.717, 1.165) is 24.0 Å². The van der Waals surface area contributed by atoms with Gasteiger partial charge in [0.05, 0.1) is 18.9 Å². The number of nitrogens with zero attached hydrogens (tertiary/aromatic N) is 1. The molecule has 7 heteroatoms. The number of hydrogen-bond donors (Lipinski definition) is 2. The van der Waals surface area contributed by atoms with Crippen molar-refractivity contribution in [2.24, 2.45) is 5.10 Å². The van der Waals surface area contributed by atoms with Crippen molar-refractivity contribution in [3.8, 4) is 11.5 Å². The van der Waals surface area contributed by atoms with Crippen LogP contribution in [0, 0.1) is 6.92 Å². The van der Waals surface area contributed by atoms with E-state index in [4.69, 9.17) is 21.7 Å². The van der Waals surface area contributed by atoms with Gasteiger partial charge in [0.15, 0.2) is 16.6 Å². The van der Waals surface area contributed by atoms with Gasteiger partial charge in [0.1, 0.15) is 0 Å². The molecule has 1 aliphatic rings. The Balaban J connectivity index is 1.57. The van der Waals surface area contributed by atoms with Crippen LogP contribution in [0.2, 0.25) is 0 Å². The highest BCUT2D eigenvalue weighted by Crippen LogP contribution is 2.28. The lowest BCUT2D eigenvalue weighted by Gasteiger charge is -2.23. The summed E-state index contributed by atoms with van der Waals surface area (Å²) in [5, 5.41) is 8.01. The zero-order valence-electron chi connectivity index (χ0n) is 17.3. The Morgan fingerprint density at radius 1 is 1.10 bits per heavy atom. The molecular formula is C23H27N3O3S. The van der Waals surface area contributed by atoms with E-state index in [0.29, 0.717) is 28.2 Å². The molecule has 0 atom stereocenters. The van der Waals surface area contributed by atoms with Crippen molar-refractivity contribution in [3.05, 3.63) is 59.2 Å². The van der Waals surface area contributed by atoms with Gasteiger partial charge < -0.3 is 14.8 Å². The highest BCUT2D eigenvalue weighted by molar-refractivity contribution is 7.80. The molecule has 0 aromatic heterocycles. The molecule has 30 heavy (non-hydrogen) atoms. The highest BCUT2D eigenvalue weighted by Gasteiger charge is 2.14. The number of carbonyl (C=O) groups is 1. The molecule has 2 aromatic carbocycles. The lowest BCUT2D eigenvalue weighted by molar-refractivity contribution is 0.0729. The second-order valence-corrected chi connectivity index (χ2v) is 7.75. The monoisotopic (exact) mass is 425 g/mol. The molecule has 0 unspecified atom stereocenters. The molecule has 2 aromatic rings. The van der Waals surface area contributed by atoms with Crippen molar-refractivity contribution in [3.63, 3.8) is 0 Å². The Kier molecular flexibility index (Phi) is 7.79. The first-order chi connectivity index (χ1) is 14.5. The summed E-state index contributed by atoms with van der Waals surface area (Å²) < 4.78 is 10.9. The van der Waals surface area contributed by atoms with E-state index in [1.807, 2.05) is 19.1 Å². The van der Waals surface area contributed by atoms with Gasteiger partial charge in [0, 0.05) is 6.04 Å². The van der Waals surface area contributed by atoms with E-state index >= 15 is 0 Å². The quantitative estimate of drug-likeness (QED) is 0.236. The third-order valence-electron chi connectivity index (χ3n) is 5.00. The predicted octanol–water partition coefficient (Wildman–Crippen LogP) is 4.35. The number of hydrogen-bond acceptors (Lipinski definition) is 5. The fourth-order valence-corrected chi connectivity index (χ4v) is 3.55. The number of aryl methyl sites for hydroxylation is 1. The molecule has 2 N–H and O–H groups in total. The van der Waals surface area contributed by atoms with Gasteiger partial charge in [-0.1, -0.05) is 37.0 Å². The molecule has 1 saturated carbocycles. The van der Waals surface area contributed by atoms with Crippen molar-refractivity contribution < 1.29 is 14.3 Å². The maximum atomic E-state index is 12.4. The highest BCUT2D eigenvalue weighted by atomic mass is 32.1. The van der Waals surface area contributed by atoms with Gasteiger partial charge in [-0.25, -0.2) is 4.79 Å². The normalized spacial score (nSPS) is 14.3. The second-order valence-electron chi connectivity index (χ2n) is 7.34. The number of esters is 1. The minimum atomic E-state index is -0.435. The third-order valence-corrected chi connectivity index (χ3v) is 5.21. The topological polar surface area (TPSA) is 71.9 Å². The van der Waals surface area contributed by atoms with E-state index in [-0.39, 0.29) is 0 Å². The molecule has 1 fully saturated rings. The standard InChI is InChI=1S/C23H27N3O3S/c1-16-8-11-18(12-9-16)22(27)29-20-13-10-17(14-21(20)28-2)15-24-26-23(30)25-19-6-4-3-5-7-19/h8-15,19H,3-7H2,1-2H3,(H2,25,26,30)/b24-15-. The average Bonchev–Trinajstić information content (AvgIpc) is 2.75. The Morgan fingerprint density at radius 2 is 1.83 bits per heavy atom. The van der Waals surface area contributed by atoms with Crippen LogP contribution in [-0.4, -0.2) is 30.4 Å². The van der Waals surface area contributed by atoms with E-state index in [9.17, 15) is 4.79 Å². The summed E-state index contributed by atoms with van der Waals surface area (Å²) in [4.78, 5) is 12.4. The number of methoxy groups -OCH3 is 1. The summed E-state index contributed by atoms with van der Waals surface area (Å²) in [6.45, 7) is 1.96. The number of ether oxygens (including phenoxy) is 2. The first-order valence-corrected chi connectivity index (χ1v) is 10.5. The molecule has 0 heterocycles. The van der Waals surface area contributed by atoms with E-state index < -0.39 is 5.97 Å². The minimum absolute atomic E-state index is 0.350. The van der Waals surface area contributed by atoms with Crippen molar-refractivity contribution >= 4 is 29.5 Å². The number of rotatable bonds is 6. The number of nitrogens with one attached hydrogen (secondary N) is 2. The summed E-state index contributed by atoms with van der Waals surface area (Å²) in [6.07, 6.45) is 7.71. The molecular weight excluding hydrogens is 398 g/mol. The zero-order chi connectivity index (χ0) is 21.3. The van der Waals surface area contributed by atoms with Crippen LogP contribution in [0.4, 0.5) is 0 Å². The van der Waals surface area contributed by atoms with Gasteiger partial charge in [0.2, 0.25) is 0 Å². The van der Waals surface area contributed by atoms with Gasteiger partial charge >= 0.3 is 5.97 Å². The molecule has 0 amide bonds. The van der Waals surface area contributed by atoms with E-state index in [1.54, 1.807) is 36.5 Å². The zero-order valence-corrected chi connectivity index (χ0v) is 18.1. The Hall–Kier alpha value is -2.93. The van der Waals surface area contributed by atoms with Crippen molar-refractivity contribution in [2.45, 2.75) is 45.1 Å². The molecule has 0 spiro atoms. The summed E-state index contributed by atoms with van der Waals surface area (Å²) in [5.41, 5.74) is 5.20. The lowest BCUT2D eigenvalue weighted by Crippen LogP contribution is -2.40. The first-order valence-electron chi connectivity index (χ1n) is 10.1. The lowest BCUT2D eigenvalue weighted by atomic mass is 9.96. The summed E-state index contributed by atoms with van der Waals surface area (Å²) >= 11 is 5.30. The average molecular weight is 426 g/mol.